The Labute approximate surface area is 190 Å². The van der Waals surface area contributed by atoms with Crippen LogP contribution in [0.5, 0.6) is 11.8 Å². The molecule has 1 aromatic heterocycles. The molecule has 0 bridgehead atoms. The minimum absolute atomic E-state index is 0.0609. The summed E-state index contributed by atoms with van der Waals surface area (Å²) in [4.78, 5) is 15.8. The van der Waals surface area contributed by atoms with Crippen LogP contribution in [0, 0.1) is 0 Å². The lowest BCUT2D eigenvalue weighted by atomic mass is 10.1. The lowest BCUT2D eigenvalue weighted by Gasteiger charge is -2.12. The summed E-state index contributed by atoms with van der Waals surface area (Å²) in [5.41, 5.74) is 2.21. The highest BCUT2D eigenvalue weighted by Gasteiger charge is 2.26. The van der Waals surface area contributed by atoms with Crippen molar-refractivity contribution in [2.24, 2.45) is 0 Å². The quantitative estimate of drug-likeness (QED) is 0.497. The predicted octanol–water partition coefficient (Wildman–Crippen LogP) is 4.98. The fraction of sp³-hybridized carbons (Fsp3) is 0.304. The molecular weight excluding hydrogens is 439 g/mol. The number of benzene rings is 2. The molecule has 4 rings (SSSR count). The van der Waals surface area contributed by atoms with Gasteiger partial charge in [-0.1, -0.05) is 47.5 Å². The van der Waals surface area contributed by atoms with Gasteiger partial charge in [0.15, 0.2) is 6.10 Å². The first kappa shape index (κ1) is 21.7. The molecule has 1 atom stereocenters. The molecule has 1 aliphatic heterocycles. The highest BCUT2D eigenvalue weighted by molar-refractivity contribution is 6.43. The van der Waals surface area contributed by atoms with Crippen molar-refractivity contribution in [3.8, 4) is 22.9 Å². The first-order chi connectivity index (χ1) is 14.9. The monoisotopic (exact) mass is 460 g/mol. The second-order valence-corrected chi connectivity index (χ2v) is 8.30. The summed E-state index contributed by atoms with van der Waals surface area (Å²) >= 11 is 12.4. The van der Waals surface area contributed by atoms with Crippen LogP contribution in [0.4, 0.5) is 0 Å². The predicted molar refractivity (Wildman–Crippen MR) is 120 cm³/mol. The van der Waals surface area contributed by atoms with Gasteiger partial charge in [0.2, 0.25) is 0 Å². The highest BCUT2D eigenvalue weighted by atomic mass is 35.5. The van der Waals surface area contributed by atoms with Gasteiger partial charge in [0, 0.05) is 11.6 Å². The molecule has 0 amide bonds. The summed E-state index contributed by atoms with van der Waals surface area (Å²) in [6.07, 6.45) is -0.195. The molecule has 2 heterocycles. The average molecular weight is 461 g/mol. The fourth-order valence-electron chi connectivity index (χ4n) is 3.31. The van der Waals surface area contributed by atoms with Crippen LogP contribution in [0.3, 0.4) is 0 Å². The van der Waals surface area contributed by atoms with Crippen LogP contribution in [0.1, 0.15) is 19.5 Å². The van der Waals surface area contributed by atoms with Gasteiger partial charge in [-0.25, -0.2) is 0 Å². The van der Waals surface area contributed by atoms with Gasteiger partial charge < -0.3 is 14.2 Å². The second kappa shape index (κ2) is 9.30. The number of nitrogens with zero attached hydrogens (tertiary/aromatic N) is 2. The summed E-state index contributed by atoms with van der Waals surface area (Å²) in [6.45, 7) is 5.08. The lowest BCUT2D eigenvalue weighted by molar-refractivity contribution is 0.0613. The summed E-state index contributed by atoms with van der Waals surface area (Å²) in [5.74, 6) is 0.701. The van der Waals surface area contributed by atoms with Crippen molar-refractivity contribution in [2.45, 2.75) is 39.2 Å². The van der Waals surface area contributed by atoms with Gasteiger partial charge in [-0.05, 0) is 37.6 Å². The van der Waals surface area contributed by atoms with E-state index in [4.69, 9.17) is 37.4 Å². The third-order valence-electron chi connectivity index (χ3n) is 4.85. The Morgan fingerprint density at radius 1 is 1.19 bits per heavy atom. The second-order valence-electron chi connectivity index (χ2n) is 7.52. The van der Waals surface area contributed by atoms with Gasteiger partial charge in [0.25, 0.3) is 5.56 Å². The third-order valence-corrected chi connectivity index (χ3v) is 5.67. The molecule has 0 unspecified atom stereocenters. The van der Waals surface area contributed by atoms with Crippen molar-refractivity contribution in [3.63, 3.8) is 0 Å². The van der Waals surface area contributed by atoms with Gasteiger partial charge in [-0.3, -0.25) is 9.36 Å². The van der Waals surface area contributed by atoms with Crippen molar-refractivity contribution in [1.82, 2.24) is 9.55 Å². The van der Waals surface area contributed by atoms with E-state index >= 15 is 0 Å². The Kier molecular flexibility index (Phi) is 6.51. The first-order valence-electron chi connectivity index (χ1n) is 9.97. The van der Waals surface area contributed by atoms with Gasteiger partial charge >= 0.3 is 6.01 Å². The molecule has 31 heavy (non-hydrogen) atoms. The molecule has 0 radical (unpaired) electrons. The number of aromatic nitrogens is 2. The van der Waals surface area contributed by atoms with Gasteiger partial charge in [-0.2, -0.15) is 4.98 Å². The Morgan fingerprint density at radius 3 is 2.71 bits per heavy atom. The molecular formula is C23H22Cl2N2O4. The smallest absolute Gasteiger partial charge is 0.300 e. The lowest BCUT2D eigenvalue weighted by Crippen LogP contribution is -2.23. The summed E-state index contributed by atoms with van der Waals surface area (Å²) in [6, 6.07) is 14.9. The fourth-order valence-corrected chi connectivity index (χ4v) is 3.72. The topological polar surface area (TPSA) is 62.6 Å². The molecule has 162 valence electrons. The van der Waals surface area contributed by atoms with Gasteiger partial charge in [0.05, 0.1) is 35.0 Å². The van der Waals surface area contributed by atoms with Crippen LogP contribution >= 0.6 is 23.2 Å². The van der Waals surface area contributed by atoms with Crippen molar-refractivity contribution in [3.05, 3.63) is 74.6 Å². The van der Waals surface area contributed by atoms with Crippen molar-refractivity contribution in [2.75, 3.05) is 6.61 Å². The standard InChI is InChI=1S/C23H22Cl2N2O4/c1-14(2)29-12-16-10-21(28)26-23-27(16)11-18(31-23)13-30-17-8-6-15(7-9-17)19-4-3-5-20(24)22(19)25/h3-10,14,18H,11-13H2,1-2H3/t18-/m0/s1. The van der Waals surface area contributed by atoms with Gasteiger partial charge in [-0.15, -0.1) is 0 Å². The van der Waals surface area contributed by atoms with E-state index in [1.165, 1.54) is 6.07 Å². The average Bonchev–Trinajstić information content (AvgIpc) is 3.16. The zero-order chi connectivity index (χ0) is 22.0. The van der Waals surface area contributed by atoms with Crippen LogP contribution < -0.4 is 15.0 Å². The molecule has 0 N–H and O–H groups in total. The van der Waals surface area contributed by atoms with E-state index in [0.717, 1.165) is 16.8 Å². The van der Waals surface area contributed by atoms with E-state index in [-0.39, 0.29) is 17.8 Å². The first-order valence-corrected chi connectivity index (χ1v) is 10.7. The van der Waals surface area contributed by atoms with Crippen molar-refractivity contribution >= 4 is 23.2 Å². The SMILES string of the molecule is CC(C)OCc1cc(=O)nc2n1C[C@@H](COc1ccc(-c3cccc(Cl)c3Cl)cc1)O2. The van der Waals surface area contributed by atoms with Crippen LogP contribution in [0.2, 0.25) is 10.0 Å². The number of hydrogen-bond acceptors (Lipinski definition) is 5. The molecule has 1 aliphatic rings. The third kappa shape index (κ3) is 5.03. The van der Waals surface area contributed by atoms with E-state index in [9.17, 15) is 4.79 Å². The molecule has 8 heteroatoms. The largest absolute Gasteiger partial charge is 0.490 e. The van der Waals surface area contributed by atoms with Gasteiger partial charge in [0.1, 0.15) is 12.4 Å². The molecule has 0 saturated carbocycles. The van der Waals surface area contributed by atoms with Crippen LogP contribution in [-0.2, 0) is 17.9 Å². The Hall–Kier alpha value is -2.54. The van der Waals surface area contributed by atoms with Crippen LogP contribution in [0.15, 0.2) is 53.3 Å². The number of ether oxygens (including phenoxy) is 3. The molecule has 2 aromatic carbocycles. The number of rotatable bonds is 7. The zero-order valence-corrected chi connectivity index (χ0v) is 18.7. The Morgan fingerprint density at radius 2 is 1.97 bits per heavy atom. The molecule has 0 spiro atoms. The Bertz CT molecular complexity index is 1130. The number of fused-ring (bicyclic) bond motifs is 1. The minimum atomic E-state index is -0.342. The van der Waals surface area contributed by atoms with Crippen molar-refractivity contribution in [1.29, 1.82) is 0 Å². The van der Waals surface area contributed by atoms with Crippen molar-refractivity contribution < 1.29 is 14.2 Å². The van der Waals surface area contributed by atoms with E-state index in [0.29, 0.717) is 41.6 Å². The Balaban J connectivity index is 1.40. The number of halogens is 2. The maximum atomic E-state index is 11.9. The molecule has 0 fully saturated rings. The highest BCUT2D eigenvalue weighted by Crippen LogP contribution is 2.34. The molecule has 6 nitrogen and oxygen atoms in total. The zero-order valence-electron chi connectivity index (χ0n) is 17.2. The van der Waals surface area contributed by atoms with E-state index in [2.05, 4.69) is 4.98 Å². The number of hydrogen-bond donors (Lipinski definition) is 0. The van der Waals surface area contributed by atoms with Crippen LogP contribution in [-0.4, -0.2) is 28.4 Å². The summed E-state index contributed by atoms with van der Waals surface area (Å²) < 4.78 is 19.2. The van der Waals surface area contributed by atoms with E-state index in [1.54, 1.807) is 6.07 Å². The molecule has 3 aromatic rings. The van der Waals surface area contributed by atoms with Crippen LogP contribution in [0.25, 0.3) is 11.1 Å². The summed E-state index contributed by atoms with van der Waals surface area (Å²) in [7, 11) is 0. The molecule has 0 saturated heterocycles. The molecule has 0 aliphatic carbocycles. The minimum Gasteiger partial charge on any atom is -0.490 e. The summed E-state index contributed by atoms with van der Waals surface area (Å²) in [5, 5.41) is 1.04. The maximum absolute atomic E-state index is 11.9. The maximum Gasteiger partial charge on any atom is 0.300 e. The van der Waals surface area contributed by atoms with E-state index in [1.807, 2.05) is 54.8 Å². The normalized spacial score (nSPS) is 15.1. The van der Waals surface area contributed by atoms with E-state index < -0.39 is 0 Å².